The number of aryl methyl sites for hydroxylation is 1. The van der Waals surface area contributed by atoms with Crippen LogP contribution in [0.5, 0.6) is 0 Å². The summed E-state index contributed by atoms with van der Waals surface area (Å²) in [6, 6.07) is 15.8. The molecule has 2 N–H and O–H groups in total. The fourth-order valence-corrected chi connectivity index (χ4v) is 2.17. The molecule has 0 spiro atoms. The fourth-order valence-electron chi connectivity index (χ4n) is 2.17. The summed E-state index contributed by atoms with van der Waals surface area (Å²) in [5.74, 6) is 0.610. The Bertz CT molecular complexity index is 783. The van der Waals surface area contributed by atoms with Gasteiger partial charge in [-0.25, -0.2) is 4.98 Å². The predicted molar refractivity (Wildman–Crippen MR) is 88.2 cm³/mol. The maximum absolute atomic E-state index is 11.8. The van der Waals surface area contributed by atoms with Gasteiger partial charge in [0.05, 0.1) is 17.6 Å². The molecule has 0 fully saturated rings. The summed E-state index contributed by atoms with van der Waals surface area (Å²) in [5, 5.41) is 2.82. The molecule has 0 atom stereocenters. The molecule has 4 nitrogen and oxygen atoms in total. The molecule has 0 aliphatic rings. The van der Waals surface area contributed by atoms with Gasteiger partial charge in [0.1, 0.15) is 5.82 Å². The number of nitrogens with zero attached hydrogens (tertiary/aromatic N) is 1. The maximum Gasteiger partial charge on any atom is 0.244 e. The average Bonchev–Trinajstić information content (AvgIpc) is 2.95. The van der Waals surface area contributed by atoms with Gasteiger partial charge in [-0.2, -0.15) is 0 Å². The molecule has 1 amide bonds. The SMILES string of the molecule is Cc1ccc(C=CC(=O)NCc2nc3ccccc3[nH]2)cc1. The van der Waals surface area contributed by atoms with Gasteiger partial charge in [0.2, 0.25) is 5.91 Å². The van der Waals surface area contributed by atoms with E-state index in [1.54, 1.807) is 6.08 Å². The van der Waals surface area contributed by atoms with E-state index in [-0.39, 0.29) is 5.91 Å². The van der Waals surface area contributed by atoms with E-state index in [1.807, 2.05) is 55.5 Å². The molecule has 0 saturated carbocycles. The predicted octanol–water partition coefficient (Wildman–Crippen LogP) is 3.20. The summed E-state index contributed by atoms with van der Waals surface area (Å²) in [7, 11) is 0. The molecule has 0 aliphatic heterocycles. The average molecular weight is 291 g/mol. The van der Waals surface area contributed by atoms with E-state index in [2.05, 4.69) is 15.3 Å². The van der Waals surface area contributed by atoms with Crippen molar-refractivity contribution < 1.29 is 4.79 Å². The topological polar surface area (TPSA) is 57.8 Å². The molecular weight excluding hydrogens is 274 g/mol. The second-order valence-electron chi connectivity index (χ2n) is 5.16. The third-order valence-electron chi connectivity index (χ3n) is 3.37. The third-order valence-corrected chi connectivity index (χ3v) is 3.37. The summed E-state index contributed by atoms with van der Waals surface area (Å²) in [4.78, 5) is 19.4. The first-order valence-corrected chi connectivity index (χ1v) is 7.17. The lowest BCUT2D eigenvalue weighted by Gasteiger charge is -1.99. The van der Waals surface area contributed by atoms with Gasteiger partial charge in [0, 0.05) is 6.08 Å². The number of aromatic amines is 1. The number of aromatic nitrogens is 2. The summed E-state index contributed by atoms with van der Waals surface area (Å²) in [6.45, 7) is 2.42. The minimum absolute atomic E-state index is 0.138. The van der Waals surface area contributed by atoms with Gasteiger partial charge in [0.15, 0.2) is 0 Å². The van der Waals surface area contributed by atoms with Gasteiger partial charge >= 0.3 is 0 Å². The zero-order valence-corrected chi connectivity index (χ0v) is 12.3. The number of carbonyl (C=O) groups excluding carboxylic acids is 1. The molecule has 0 aliphatic carbocycles. The first kappa shape index (κ1) is 14.1. The van der Waals surface area contributed by atoms with Gasteiger partial charge in [-0.05, 0) is 30.7 Å². The molecule has 3 rings (SSSR count). The Labute approximate surface area is 128 Å². The van der Waals surface area contributed by atoms with Crippen LogP contribution in [0.2, 0.25) is 0 Å². The number of hydrogen-bond acceptors (Lipinski definition) is 2. The highest BCUT2D eigenvalue weighted by atomic mass is 16.1. The Balaban J connectivity index is 1.58. The lowest BCUT2D eigenvalue weighted by Crippen LogP contribution is -2.20. The number of carbonyl (C=O) groups is 1. The third kappa shape index (κ3) is 3.41. The van der Waals surface area contributed by atoms with Crippen LogP contribution in [0.15, 0.2) is 54.6 Å². The van der Waals surface area contributed by atoms with E-state index in [9.17, 15) is 4.79 Å². The summed E-state index contributed by atoms with van der Waals surface area (Å²) >= 11 is 0. The Morgan fingerprint density at radius 3 is 2.73 bits per heavy atom. The minimum Gasteiger partial charge on any atom is -0.345 e. The van der Waals surface area contributed by atoms with Crippen molar-refractivity contribution in [3.05, 3.63) is 71.6 Å². The second-order valence-corrected chi connectivity index (χ2v) is 5.16. The van der Waals surface area contributed by atoms with Gasteiger partial charge in [-0.15, -0.1) is 0 Å². The van der Waals surface area contributed by atoms with Crippen LogP contribution in [0.25, 0.3) is 17.1 Å². The van der Waals surface area contributed by atoms with Gasteiger partial charge in [0.25, 0.3) is 0 Å². The molecule has 2 aromatic carbocycles. The van der Waals surface area contributed by atoms with Crippen LogP contribution >= 0.6 is 0 Å². The van der Waals surface area contributed by atoms with Crippen LogP contribution in [-0.2, 0) is 11.3 Å². The van der Waals surface area contributed by atoms with Crippen LogP contribution in [0.4, 0.5) is 0 Å². The quantitative estimate of drug-likeness (QED) is 0.725. The normalized spacial score (nSPS) is 11.1. The summed E-state index contributed by atoms with van der Waals surface area (Å²) in [5.41, 5.74) is 4.08. The van der Waals surface area contributed by atoms with E-state index in [0.717, 1.165) is 22.4 Å². The molecule has 0 unspecified atom stereocenters. The Morgan fingerprint density at radius 1 is 1.18 bits per heavy atom. The number of benzene rings is 2. The van der Waals surface area contributed by atoms with E-state index < -0.39 is 0 Å². The summed E-state index contributed by atoms with van der Waals surface area (Å²) < 4.78 is 0. The molecule has 1 heterocycles. The standard InChI is InChI=1S/C18H17N3O/c1-13-6-8-14(9-7-13)10-11-18(22)19-12-17-20-15-4-2-3-5-16(15)21-17/h2-11H,12H2,1H3,(H,19,22)(H,20,21). The Morgan fingerprint density at radius 2 is 1.95 bits per heavy atom. The van der Waals surface area contributed by atoms with Crippen molar-refractivity contribution in [3.63, 3.8) is 0 Å². The molecule has 110 valence electrons. The second kappa shape index (κ2) is 6.26. The number of para-hydroxylation sites is 2. The van der Waals surface area contributed by atoms with Crippen molar-refractivity contribution >= 4 is 23.0 Å². The van der Waals surface area contributed by atoms with Crippen LogP contribution in [0.3, 0.4) is 0 Å². The van der Waals surface area contributed by atoms with Crippen LogP contribution in [0.1, 0.15) is 17.0 Å². The van der Waals surface area contributed by atoms with Crippen molar-refractivity contribution in [3.8, 4) is 0 Å². The molecular formula is C18H17N3O. The Hall–Kier alpha value is -2.88. The maximum atomic E-state index is 11.8. The number of nitrogens with one attached hydrogen (secondary N) is 2. The fraction of sp³-hybridized carbons (Fsp3) is 0.111. The molecule has 0 saturated heterocycles. The highest BCUT2D eigenvalue weighted by Crippen LogP contribution is 2.10. The largest absolute Gasteiger partial charge is 0.345 e. The Kier molecular flexibility index (Phi) is 4.01. The molecule has 0 bridgehead atoms. The molecule has 22 heavy (non-hydrogen) atoms. The number of fused-ring (bicyclic) bond motifs is 1. The van der Waals surface area contributed by atoms with Crippen molar-refractivity contribution in [2.75, 3.05) is 0 Å². The minimum atomic E-state index is -0.138. The number of amides is 1. The first-order chi connectivity index (χ1) is 10.7. The highest BCUT2D eigenvalue weighted by molar-refractivity contribution is 5.91. The molecule has 4 heteroatoms. The van der Waals surface area contributed by atoms with E-state index >= 15 is 0 Å². The van der Waals surface area contributed by atoms with Crippen molar-refractivity contribution in [1.29, 1.82) is 0 Å². The van der Waals surface area contributed by atoms with E-state index in [4.69, 9.17) is 0 Å². The van der Waals surface area contributed by atoms with Crippen LogP contribution in [0, 0.1) is 6.92 Å². The first-order valence-electron chi connectivity index (χ1n) is 7.17. The summed E-state index contributed by atoms with van der Waals surface area (Å²) in [6.07, 6.45) is 3.33. The molecule has 1 aromatic heterocycles. The lowest BCUT2D eigenvalue weighted by molar-refractivity contribution is -0.116. The number of rotatable bonds is 4. The van der Waals surface area contributed by atoms with Crippen molar-refractivity contribution in [2.24, 2.45) is 0 Å². The monoisotopic (exact) mass is 291 g/mol. The van der Waals surface area contributed by atoms with Gasteiger partial charge in [-0.1, -0.05) is 42.0 Å². The lowest BCUT2D eigenvalue weighted by atomic mass is 10.1. The van der Waals surface area contributed by atoms with Crippen LogP contribution < -0.4 is 5.32 Å². The number of hydrogen-bond donors (Lipinski definition) is 2. The van der Waals surface area contributed by atoms with E-state index in [0.29, 0.717) is 6.54 Å². The smallest absolute Gasteiger partial charge is 0.244 e. The zero-order chi connectivity index (χ0) is 15.4. The van der Waals surface area contributed by atoms with Gasteiger partial charge in [-0.3, -0.25) is 4.79 Å². The highest BCUT2D eigenvalue weighted by Gasteiger charge is 2.02. The zero-order valence-electron chi connectivity index (χ0n) is 12.3. The van der Waals surface area contributed by atoms with Crippen molar-refractivity contribution in [2.45, 2.75) is 13.5 Å². The number of H-pyrrole nitrogens is 1. The molecule has 0 radical (unpaired) electrons. The van der Waals surface area contributed by atoms with Gasteiger partial charge < -0.3 is 10.3 Å². The van der Waals surface area contributed by atoms with Crippen molar-refractivity contribution in [1.82, 2.24) is 15.3 Å². The number of imidazole rings is 1. The molecule has 3 aromatic rings. The van der Waals surface area contributed by atoms with Crippen LogP contribution in [-0.4, -0.2) is 15.9 Å². The van der Waals surface area contributed by atoms with E-state index in [1.165, 1.54) is 11.6 Å².